The molecule has 11 heteroatoms. The van der Waals surface area contributed by atoms with Crippen LogP contribution in [0, 0.1) is 11.8 Å². The third kappa shape index (κ3) is 4.82. The lowest BCUT2D eigenvalue weighted by atomic mass is 9.83. The molecule has 0 spiro atoms. The number of fused-ring (bicyclic) bond motifs is 1. The maximum atomic E-state index is 12.4. The lowest BCUT2D eigenvalue weighted by molar-refractivity contribution is 0.0943. The number of nitrogens with one attached hydrogen (secondary N) is 1. The van der Waals surface area contributed by atoms with Gasteiger partial charge in [-0.2, -0.15) is 4.98 Å². The molecule has 0 bridgehead atoms. The van der Waals surface area contributed by atoms with Crippen LogP contribution in [0.3, 0.4) is 0 Å². The van der Waals surface area contributed by atoms with Crippen LogP contribution in [0.15, 0.2) is 18.5 Å². The minimum Gasteiger partial charge on any atom is -0.377 e. The van der Waals surface area contributed by atoms with E-state index >= 15 is 0 Å². The highest BCUT2D eigenvalue weighted by Gasteiger charge is 2.30. The molecule has 3 N–H and O–H groups in total. The zero-order chi connectivity index (χ0) is 24.5. The second-order valence-corrected chi connectivity index (χ2v) is 10.1. The molecule has 2 aliphatic rings. The summed E-state index contributed by atoms with van der Waals surface area (Å²) in [4.78, 5) is 33.0. The number of pyridine rings is 1. The predicted molar refractivity (Wildman–Crippen MR) is 134 cm³/mol. The van der Waals surface area contributed by atoms with Gasteiger partial charge in [-0.25, -0.2) is 15.8 Å². The van der Waals surface area contributed by atoms with Gasteiger partial charge in [0.2, 0.25) is 11.8 Å². The van der Waals surface area contributed by atoms with E-state index in [1.807, 2.05) is 0 Å². The lowest BCUT2D eigenvalue weighted by Gasteiger charge is -2.35. The zero-order valence-electron chi connectivity index (χ0n) is 20.1. The number of nitrogens with zero attached hydrogens (tertiary/aromatic N) is 6. The van der Waals surface area contributed by atoms with Crippen molar-refractivity contribution in [2.75, 3.05) is 24.7 Å². The molecule has 3 aromatic heterocycles. The van der Waals surface area contributed by atoms with E-state index in [1.165, 1.54) is 25.7 Å². The Labute approximate surface area is 209 Å². The van der Waals surface area contributed by atoms with Crippen LogP contribution in [-0.2, 0) is 11.3 Å². The molecule has 0 radical (unpaired) electrons. The standard InChI is InChI=1S/C24H31ClN8O2/c1-14-3-5-16(6-4-14)12-33-20-19(17-9-18(25)11-27-10-17)28-22(23(34)31-26)29-21(20)30-24(33)32-7-8-35-13-15(32)2/h9-11,14-16H,3-8,12-13,26H2,1-2H3,(H,31,34)/t14-,15-,16-/m1/s1. The smallest absolute Gasteiger partial charge is 0.303 e. The number of aromatic nitrogens is 5. The Bertz CT molecular complexity index is 1220. The largest absolute Gasteiger partial charge is 0.377 e. The number of amides is 1. The fourth-order valence-corrected chi connectivity index (χ4v) is 5.29. The number of halogens is 1. The number of anilines is 1. The van der Waals surface area contributed by atoms with E-state index in [4.69, 9.17) is 27.2 Å². The Hall–Kier alpha value is -2.82. The maximum Gasteiger partial charge on any atom is 0.303 e. The third-order valence-corrected chi connectivity index (χ3v) is 7.30. The van der Waals surface area contributed by atoms with Gasteiger partial charge in [0.05, 0.1) is 24.3 Å². The SMILES string of the molecule is C[C@@H]1COCCN1c1nc2nc(C(=O)NN)nc(-c3cncc(Cl)c3)c2n1C[C@H]1CC[C@H](C)CC1. The van der Waals surface area contributed by atoms with Crippen molar-refractivity contribution in [3.63, 3.8) is 0 Å². The van der Waals surface area contributed by atoms with Crippen molar-refractivity contribution < 1.29 is 9.53 Å². The van der Waals surface area contributed by atoms with Crippen molar-refractivity contribution in [1.29, 1.82) is 0 Å². The second kappa shape index (κ2) is 10.0. The monoisotopic (exact) mass is 498 g/mol. The zero-order valence-corrected chi connectivity index (χ0v) is 20.8. The van der Waals surface area contributed by atoms with E-state index in [1.54, 1.807) is 18.5 Å². The molecule has 5 rings (SSSR count). The van der Waals surface area contributed by atoms with Crippen LogP contribution < -0.4 is 16.2 Å². The Morgan fingerprint density at radius 3 is 2.71 bits per heavy atom. The van der Waals surface area contributed by atoms with Crippen LogP contribution in [0.4, 0.5) is 5.95 Å². The summed E-state index contributed by atoms with van der Waals surface area (Å²) in [5.41, 5.74) is 4.61. The highest BCUT2D eigenvalue weighted by molar-refractivity contribution is 6.30. The molecule has 10 nitrogen and oxygen atoms in total. The molecule has 0 aromatic carbocycles. The van der Waals surface area contributed by atoms with Crippen LogP contribution in [0.2, 0.25) is 5.02 Å². The van der Waals surface area contributed by atoms with Gasteiger partial charge in [0, 0.05) is 31.0 Å². The summed E-state index contributed by atoms with van der Waals surface area (Å²) in [6.45, 7) is 7.24. The van der Waals surface area contributed by atoms with Crippen LogP contribution in [0.1, 0.15) is 50.1 Å². The number of carbonyl (C=O) groups is 1. The van der Waals surface area contributed by atoms with E-state index in [2.05, 4.69) is 43.7 Å². The van der Waals surface area contributed by atoms with E-state index in [0.717, 1.165) is 30.5 Å². The number of hydrogen-bond donors (Lipinski definition) is 2. The highest BCUT2D eigenvalue weighted by Crippen LogP contribution is 2.36. The van der Waals surface area contributed by atoms with Crippen LogP contribution >= 0.6 is 11.6 Å². The first kappa shape index (κ1) is 23.9. The molecule has 1 aliphatic carbocycles. The Morgan fingerprint density at radius 2 is 2.00 bits per heavy atom. The number of rotatable bonds is 5. The number of imidazole rings is 1. The number of nitrogens with two attached hydrogens (primary N) is 1. The van der Waals surface area contributed by atoms with Gasteiger partial charge in [-0.15, -0.1) is 0 Å². The number of nitrogen functional groups attached to an aromatic ring is 1. The van der Waals surface area contributed by atoms with Gasteiger partial charge in [0.15, 0.2) is 5.65 Å². The normalized spacial score (nSPS) is 23.0. The molecule has 186 valence electrons. The number of carbonyl (C=O) groups excluding carboxylic acids is 1. The Morgan fingerprint density at radius 1 is 1.20 bits per heavy atom. The molecule has 3 aromatic rings. The lowest BCUT2D eigenvalue weighted by Crippen LogP contribution is -2.45. The van der Waals surface area contributed by atoms with Gasteiger partial charge >= 0.3 is 5.91 Å². The highest BCUT2D eigenvalue weighted by atomic mass is 35.5. The molecule has 35 heavy (non-hydrogen) atoms. The minimum atomic E-state index is -0.583. The summed E-state index contributed by atoms with van der Waals surface area (Å²) in [6, 6.07) is 1.94. The van der Waals surface area contributed by atoms with Crippen LogP contribution in [0.25, 0.3) is 22.4 Å². The van der Waals surface area contributed by atoms with Gasteiger partial charge in [0.1, 0.15) is 11.2 Å². The molecule has 0 unspecified atom stereocenters. The van der Waals surface area contributed by atoms with Crippen molar-refractivity contribution in [2.45, 2.75) is 52.1 Å². The van der Waals surface area contributed by atoms with Gasteiger partial charge in [-0.05, 0) is 37.7 Å². The summed E-state index contributed by atoms with van der Waals surface area (Å²) in [7, 11) is 0. The van der Waals surface area contributed by atoms with E-state index in [9.17, 15) is 4.79 Å². The molecule has 1 saturated carbocycles. The molecule has 1 saturated heterocycles. The summed E-state index contributed by atoms with van der Waals surface area (Å²) >= 11 is 6.28. The first-order chi connectivity index (χ1) is 16.9. The van der Waals surface area contributed by atoms with Gasteiger partial charge in [-0.3, -0.25) is 15.2 Å². The molecule has 1 aliphatic heterocycles. The molecule has 4 heterocycles. The first-order valence-corrected chi connectivity index (χ1v) is 12.6. The second-order valence-electron chi connectivity index (χ2n) is 9.70. The maximum absolute atomic E-state index is 12.4. The fourth-order valence-electron chi connectivity index (χ4n) is 5.12. The molecule has 1 atom stereocenters. The van der Waals surface area contributed by atoms with Gasteiger partial charge < -0.3 is 14.2 Å². The van der Waals surface area contributed by atoms with Crippen molar-refractivity contribution in [1.82, 2.24) is 29.9 Å². The van der Waals surface area contributed by atoms with E-state index in [0.29, 0.717) is 41.1 Å². The molecular formula is C24H31ClN8O2. The van der Waals surface area contributed by atoms with Crippen molar-refractivity contribution in [2.24, 2.45) is 17.7 Å². The quantitative estimate of drug-likeness (QED) is 0.312. The number of hydrogen-bond acceptors (Lipinski definition) is 8. The van der Waals surface area contributed by atoms with Crippen LogP contribution in [-0.4, -0.2) is 56.2 Å². The van der Waals surface area contributed by atoms with Gasteiger partial charge in [-0.1, -0.05) is 31.4 Å². The van der Waals surface area contributed by atoms with Crippen molar-refractivity contribution in [3.8, 4) is 11.3 Å². The minimum absolute atomic E-state index is 0.0484. The summed E-state index contributed by atoms with van der Waals surface area (Å²) in [5.74, 6) is 6.88. The summed E-state index contributed by atoms with van der Waals surface area (Å²) in [6.07, 6.45) is 8.04. The molecule has 1 amide bonds. The summed E-state index contributed by atoms with van der Waals surface area (Å²) < 4.78 is 7.92. The first-order valence-electron chi connectivity index (χ1n) is 12.2. The summed E-state index contributed by atoms with van der Waals surface area (Å²) in [5, 5.41) is 0.480. The van der Waals surface area contributed by atoms with E-state index < -0.39 is 5.91 Å². The number of ether oxygens (including phenoxy) is 1. The number of morpholine rings is 1. The van der Waals surface area contributed by atoms with E-state index in [-0.39, 0.29) is 11.9 Å². The number of hydrazine groups is 1. The average Bonchev–Trinajstić information content (AvgIpc) is 3.22. The third-order valence-electron chi connectivity index (χ3n) is 7.10. The van der Waals surface area contributed by atoms with Crippen molar-refractivity contribution in [3.05, 3.63) is 29.3 Å². The fraction of sp³-hybridized carbons (Fsp3) is 0.542. The Kier molecular flexibility index (Phi) is 6.86. The predicted octanol–water partition coefficient (Wildman–Crippen LogP) is 3.20. The Balaban J connectivity index is 1.72. The van der Waals surface area contributed by atoms with Gasteiger partial charge in [0.25, 0.3) is 0 Å². The van der Waals surface area contributed by atoms with Crippen molar-refractivity contribution >= 4 is 34.6 Å². The molecular weight excluding hydrogens is 468 g/mol. The molecule has 2 fully saturated rings. The topological polar surface area (TPSA) is 124 Å². The van der Waals surface area contributed by atoms with Crippen LogP contribution in [0.5, 0.6) is 0 Å². The average molecular weight is 499 g/mol.